The van der Waals surface area contributed by atoms with Gasteiger partial charge in [0.15, 0.2) is 0 Å². The van der Waals surface area contributed by atoms with Crippen molar-refractivity contribution in [1.82, 2.24) is 9.97 Å². The van der Waals surface area contributed by atoms with Crippen LogP contribution in [0.15, 0.2) is 39.6 Å². The van der Waals surface area contributed by atoms with Crippen LogP contribution in [0, 0.1) is 6.92 Å². The zero-order valence-electron chi connectivity index (χ0n) is 9.53. The van der Waals surface area contributed by atoms with Crippen LogP contribution in [-0.4, -0.2) is 9.97 Å². The maximum Gasteiger partial charge on any atom is 0.251 e. The van der Waals surface area contributed by atoms with Crippen LogP contribution in [0.1, 0.15) is 17.1 Å². The zero-order chi connectivity index (χ0) is 12.3. The fraction of sp³-hybridized carbons (Fsp3) is 0.231. The summed E-state index contributed by atoms with van der Waals surface area (Å²) in [4.78, 5) is 18.2. The van der Waals surface area contributed by atoms with Crippen molar-refractivity contribution in [3.8, 4) is 0 Å². The van der Waals surface area contributed by atoms with Crippen LogP contribution >= 0.6 is 15.9 Å². The molecule has 0 amide bonds. The van der Waals surface area contributed by atoms with Crippen molar-refractivity contribution >= 4 is 15.9 Å². The Kier molecular flexibility index (Phi) is 3.74. The second-order valence-electron chi connectivity index (χ2n) is 3.91. The molecule has 0 atom stereocenters. The van der Waals surface area contributed by atoms with E-state index in [1.165, 1.54) is 5.56 Å². The lowest BCUT2D eigenvalue weighted by molar-refractivity contribution is 0.867. The van der Waals surface area contributed by atoms with E-state index >= 15 is 0 Å². The quantitative estimate of drug-likeness (QED) is 0.945. The molecule has 4 heteroatoms. The minimum absolute atomic E-state index is 0.0837. The van der Waals surface area contributed by atoms with Crippen LogP contribution in [0.4, 0.5) is 0 Å². The van der Waals surface area contributed by atoms with E-state index in [-0.39, 0.29) is 5.56 Å². The van der Waals surface area contributed by atoms with Gasteiger partial charge in [0.05, 0.1) is 0 Å². The molecule has 1 aromatic heterocycles. The highest BCUT2D eigenvalue weighted by atomic mass is 79.9. The van der Waals surface area contributed by atoms with E-state index in [9.17, 15) is 4.79 Å². The molecule has 0 aliphatic rings. The molecule has 0 spiro atoms. The molecular weight excluding hydrogens is 280 g/mol. The Bertz CT molecular complexity index is 578. The lowest BCUT2D eigenvalue weighted by Gasteiger charge is -2.04. The van der Waals surface area contributed by atoms with Crippen LogP contribution in [0.5, 0.6) is 0 Å². The number of rotatable bonds is 3. The average molecular weight is 293 g/mol. The van der Waals surface area contributed by atoms with Crippen molar-refractivity contribution in [2.75, 3.05) is 0 Å². The van der Waals surface area contributed by atoms with Gasteiger partial charge in [0.1, 0.15) is 5.82 Å². The van der Waals surface area contributed by atoms with Gasteiger partial charge in [0.2, 0.25) is 0 Å². The molecule has 0 bridgehead atoms. The lowest BCUT2D eigenvalue weighted by atomic mass is 10.1. The SMILES string of the molecule is Cc1nc(CCc2ccccc2Br)cc(=O)[nH]1. The molecule has 0 fully saturated rings. The van der Waals surface area contributed by atoms with E-state index in [1.807, 2.05) is 18.2 Å². The Hall–Kier alpha value is -1.42. The second kappa shape index (κ2) is 5.27. The van der Waals surface area contributed by atoms with Gasteiger partial charge >= 0.3 is 0 Å². The van der Waals surface area contributed by atoms with Crippen molar-refractivity contribution < 1.29 is 0 Å². The van der Waals surface area contributed by atoms with Gasteiger partial charge in [-0.2, -0.15) is 0 Å². The third-order valence-corrected chi connectivity index (χ3v) is 3.30. The molecule has 0 aliphatic carbocycles. The van der Waals surface area contributed by atoms with Gasteiger partial charge in [-0.25, -0.2) is 4.98 Å². The van der Waals surface area contributed by atoms with Gasteiger partial charge in [0.25, 0.3) is 5.56 Å². The molecule has 0 saturated heterocycles. The third-order valence-electron chi connectivity index (χ3n) is 2.52. The van der Waals surface area contributed by atoms with E-state index in [4.69, 9.17) is 0 Å². The summed E-state index contributed by atoms with van der Waals surface area (Å²) >= 11 is 3.51. The van der Waals surface area contributed by atoms with Crippen LogP contribution < -0.4 is 5.56 Å². The summed E-state index contributed by atoms with van der Waals surface area (Å²) in [6, 6.07) is 9.65. The van der Waals surface area contributed by atoms with Gasteiger partial charge < -0.3 is 4.98 Å². The summed E-state index contributed by atoms with van der Waals surface area (Å²) in [5.74, 6) is 0.666. The Balaban J connectivity index is 2.13. The molecule has 17 heavy (non-hydrogen) atoms. The monoisotopic (exact) mass is 292 g/mol. The average Bonchev–Trinajstić information content (AvgIpc) is 2.27. The van der Waals surface area contributed by atoms with Crippen molar-refractivity contribution in [3.63, 3.8) is 0 Å². The number of nitrogens with one attached hydrogen (secondary N) is 1. The molecule has 0 saturated carbocycles. The molecule has 1 aromatic carbocycles. The van der Waals surface area contributed by atoms with Crippen LogP contribution in [0.2, 0.25) is 0 Å². The van der Waals surface area contributed by atoms with Crippen molar-refractivity contribution in [2.45, 2.75) is 19.8 Å². The molecule has 2 aromatic rings. The molecule has 0 unspecified atom stereocenters. The first-order chi connectivity index (χ1) is 8.15. The summed E-state index contributed by atoms with van der Waals surface area (Å²) in [7, 11) is 0. The van der Waals surface area contributed by atoms with E-state index in [0.717, 1.165) is 23.0 Å². The summed E-state index contributed by atoms with van der Waals surface area (Å²) in [6.07, 6.45) is 1.64. The maximum absolute atomic E-state index is 11.3. The van der Waals surface area contributed by atoms with Crippen LogP contribution in [-0.2, 0) is 12.8 Å². The number of hydrogen-bond acceptors (Lipinski definition) is 2. The van der Waals surface area contributed by atoms with E-state index < -0.39 is 0 Å². The summed E-state index contributed by atoms with van der Waals surface area (Å²) in [5.41, 5.74) is 1.98. The highest BCUT2D eigenvalue weighted by Crippen LogP contribution is 2.17. The number of H-pyrrole nitrogens is 1. The number of hydrogen-bond donors (Lipinski definition) is 1. The normalized spacial score (nSPS) is 10.5. The molecule has 3 nitrogen and oxygen atoms in total. The number of benzene rings is 1. The minimum atomic E-state index is -0.0837. The fourth-order valence-corrected chi connectivity index (χ4v) is 2.22. The smallest absolute Gasteiger partial charge is 0.251 e. The Morgan fingerprint density at radius 3 is 2.76 bits per heavy atom. The fourth-order valence-electron chi connectivity index (χ4n) is 1.73. The lowest BCUT2D eigenvalue weighted by Crippen LogP contribution is -2.11. The van der Waals surface area contributed by atoms with Gasteiger partial charge in [-0.1, -0.05) is 34.1 Å². The summed E-state index contributed by atoms with van der Waals surface area (Å²) in [5, 5.41) is 0. The molecular formula is C13H13BrN2O. The minimum Gasteiger partial charge on any atom is -0.311 e. The van der Waals surface area contributed by atoms with Gasteiger partial charge in [-0.3, -0.25) is 4.79 Å². The highest BCUT2D eigenvalue weighted by Gasteiger charge is 2.02. The van der Waals surface area contributed by atoms with Crippen molar-refractivity contribution in [1.29, 1.82) is 0 Å². The molecule has 2 rings (SSSR count). The first-order valence-electron chi connectivity index (χ1n) is 5.45. The number of nitrogens with zero attached hydrogens (tertiary/aromatic N) is 1. The van der Waals surface area contributed by atoms with Gasteiger partial charge in [-0.15, -0.1) is 0 Å². The Morgan fingerprint density at radius 2 is 2.06 bits per heavy atom. The van der Waals surface area contributed by atoms with E-state index in [1.54, 1.807) is 13.0 Å². The summed E-state index contributed by atoms with van der Waals surface area (Å²) < 4.78 is 1.10. The van der Waals surface area contributed by atoms with Crippen molar-refractivity contribution in [2.24, 2.45) is 0 Å². The standard InChI is InChI=1S/C13H13BrN2O/c1-9-15-11(8-13(17)16-9)7-6-10-4-2-3-5-12(10)14/h2-5,8H,6-7H2,1H3,(H,15,16,17). The van der Waals surface area contributed by atoms with Gasteiger partial charge in [0, 0.05) is 16.2 Å². The van der Waals surface area contributed by atoms with E-state index in [2.05, 4.69) is 32.0 Å². The highest BCUT2D eigenvalue weighted by molar-refractivity contribution is 9.10. The number of aromatic amines is 1. The Labute approximate surface area is 108 Å². The maximum atomic E-state index is 11.3. The van der Waals surface area contributed by atoms with E-state index in [0.29, 0.717) is 5.82 Å². The molecule has 1 N–H and O–H groups in total. The molecule has 0 aliphatic heterocycles. The van der Waals surface area contributed by atoms with Crippen LogP contribution in [0.3, 0.4) is 0 Å². The topological polar surface area (TPSA) is 45.8 Å². The van der Waals surface area contributed by atoms with Gasteiger partial charge in [-0.05, 0) is 31.4 Å². The molecule has 88 valence electrons. The van der Waals surface area contributed by atoms with Crippen LogP contribution in [0.25, 0.3) is 0 Å². The molecule has 0 radical (unpaired) electrons. The third kappa shape index (κ3) is 3.27. The number of aryl methyl sites for hydroxylation is 3. The summed E-state index contributed by atoms with van der Waals surface area (Å²) in [6.45, 7) is 1.79. The zero-order valence-corrected chi connectivity index (χ0v) is 11.1. The first-order valence-corrected chi connectivity index (χ1v) is 6.25. The Morgan fingerprint density at radius 1 is 1.29 bits per heavy atom. The number of halogens is 1. The largest absolute Gasteiger partial charge is 0.311 e. The number of aromatic nitrogens is 2. The second-order valence-corrected chi connectivity index (χ2v) is 4.77. The predicted octanol–water partition coefficient (Wildman–Crippen LogP) is 2.63. The predicted molar refractivity (Wildman–Crippen MR) is 71.1 cm³/mol. The first kappa shape index (κ1) is 12.0. The van der Waals surface area contributed by atoms with Crippen molar-refractivity contribution in [3.05, 3.63) is 62.2 Å². The molecule has 1 heterocycles.